The summed E-state index contributed by atoms with van der Waals surface area (Å²) in [5, 5.41) is 2.95. The molecule has 0 spiro atoms. The molecule has 20 heavy (non-hydrogen) atoms. The Morgan fingerprint density at radius 2 is 2.00 bits per heavy atom. The largest absolute Gasteiger partial charge is 0.487 e. The maximum atomic E-state index is 5.92. The van der Waals surface area contributed by atoms with Gasteiger partial charge in [-0.25, -0.2) is 4.98 Å². The first-order valence-corrected chi connectivity index (χ1v) is 6.82. The third-order valence-corrected chi connectivity index (χ3v) is 3.13. The maximum Gasteiger partial charge on any atom is 0.144 e. The molecule has 1 N–H and O–H groups in total. The summed E-state index contributed by atoms with van der Waals surface area (Å²) in [5.41, 5.74) is 3.23. The number of anilines is 1. The lowest BCUT2D eigenvalue weighted by Crippen LogP contribution is -2.03. The highest BCUT2D eigenvalue weighted by atomic mass is 16.5. The monoisotopic (exact) mass is 271 g/mol. The van der Waals surface area contributed by atoms with E-state index in [1.165, 1.54) is 11.1 Å². The van der Waals surface area contributed by atoms with Crippen LogP contribution in [0.4, 0.5) is 5.82 Å². The highest BCUT2D eigenvalue weighted by Crippen LogP contribution is 2.28. The van der Waals surface area contributed by atoms with Gasteiger partial charge < -0.3 is 10.1 Å². The standard InChI is InChI=1S/C16H21N3O/c1-11(2)14-6-5-12(3)7-15(14)20-10-13-8-19-16(17-4)9-18-13/h5-9,11H,10H2,1-4H3,(H,17,19). The van der Waals surface area contributed by atoms with Crippen molar-refractivity contribution in [1.82, 2.24) is 9.97 Å². The lowest BCUT2D eigenvalue weighted by Gasteiger charge is -2.14. The van der Waals surface area contributed by atoms with Crippen LogP contribution in [-0.2, 0) is 6.61 Å². The molecule has 2 rings (SSSR count). The van der Waals surface area contributed by atoms with Crippen LogP contribution in [-0.4, -0.2) is 17.0 Å². The Labute approximate surface area is 120 Å². The first-order valence-electron chi connectivity index (χ1n) is 6.82. The molecule has 0 aliphatic heterocycles. The van der Waals surface area contributed by atoms with Gasteiger partial charge in [0.05, 0.1) is 18.1 Å². The molecular weight excluding hydrogens is 250 g/mol. The fourth-order valence-electron chi connectivity index (χ4n) is 1.95. The van der Waals surface area contributed by atoms with E-state index in [-0.39, 0.29) is 0 Å². The zero-order chi connectivity index (χ0) is 14.5. The molecule has 0 unspecified atom stereocenters. The molecule has 0 aliphatic rings. The van der Waals surface area contributed by atoms with Gasteiger partial charge in [0.1, 0.15) is 18.2 Å². The van der Waals surface area contributed by atoms with Crippen LogP contribution in [0.2, 0.25) is 0 Å². The first-order chi connectivity index (χ1) is 9.60. The molecular formula is C16H21N3O. The van der Waals surface area contributed by atoms with E-state index in [1.807, 2.05) is 7.05 Å². The van der Waals surface area contributed by atoms with Crippen molar-refractivity contribution in [3.8, 4) is 5.75 Å². The molecule has 0 amide bonds. The van der Waals surface area contributed by atoms with E-state index in [0.29, 0.717) is 12.5 Å². The van der Waals surface area contributed by atoms with Gasteiger partial charge in [-0.3, -0.25) is 4.98 Å². The van der Waals surface area contributed by atoms with E-state index < -0.39 is 0 Å². The second-order valence-electron chi connectivity index (χ2n) is 5.13. The summed E-state index contributed by atoms with van der Waals surface area (Å²) in [6.45, 7) is 6.83. The average Bonchev–Trinajstić information content (AvgIpc) is 2.45. The number of aromatic nitrogens is 2. The van der Waals surface area contributed by atoms with Gasteiger partial charge in [-0.05, 0) is 30.0 Å². The van der Waals surface area contributed by atoms with Crippen LogP contribution in [0, 0.1) is 6.92 Å². The number of rotatable bonds is 5. The smallest absolute Gasteiger partial charge is 0.144 e. The Morgan fingerprint density at radius 1 is 1.20 bits per heavy atom. The Morgan fingerprint density at radius 3 is 2.60 bits per heavy atom. The van der Waals surface area contributed by atoms with Gasteiger partial charge in [0, 0.05) is 7.05 Å². The second kappa shape index (κ2) is 6.37. The summed E-state index contributed by atoms with van der Waals surface area (Å²) in [5.74, 6) is 2.12. The van der Waals surface area contributed by atoms with Crippen molar-refractivity contribution in [2.45, 2.75) is 33.3 Å². The molecule has 1 aromatic heterocycles. The van der Waals surface area contributed by atoms with Crippen LogP contribution in [0.25, 0.3) is 0 Å². The third kappa shape index (κ3) is 3.47. The summed E-state index contributed by atoms with van der Waals surface area (Å²) in [6.07, 6.45) is 3.44. The van der Waals surface area contributed by atoms with Crippen molar-refractivity contribution in [2.75, 3.05) is 12.4 Å². The molecule has 0 fully saturated rings. The number of hydrogen-bond donors (Lipinski definition) is 1. The molecule has 0 saturated heterocycles. The van der Waals surface area contributed by atoms with Crippen molar-refractivity contribution < 1.29 is 4.74 Å². The fraction of sp³-hybridized carbons (Fsp3) is 0.375. The lowest BCUT2D eigenvalue weighted by atomic mass is 10.0. The quantitative estimate of drug-likeness (QED) is 0.903. The molecule has 0 atom stereocenters. The zero-order valence-corrected chi connectivity index (χ0v) is 12.5. The average molecular weight is 271 g/mol. The van der Waals surface area contributed by atoms with Crippen molar-refractivity contribution in [2.24, 2.45) is 0 Å². The summed E-state index contributed by atoms with van der Waals surface area (Å²) in [6, 6.07) is 6.32. The molecule has 2 aromatic rings. The minimum Gasteiger partial charge on any atom is -0.487 e. The first kappa shape index (κ1) is 14.3. The number of ether oxygens (including phenoxy) is 1. The summed E-state index contributed by atoms with van der Waals surface area (Å²) in [4.78, 5) is 8.54. The summed E-state index contributed by atoms with van der Waals surface area (Å²) >= 11 is 0. The van der Waals surface area contributed by atoms with Crippen LogP contribution in [0.15, 0.2) is 30.6 Å². The predicted molar refractivity (Wildman–Crippen MR) is 81.2 cm³/mol. The van der Waals surface area contributed by atoms with Crippen LogP contribution in [0.3, 0.4) is 0 Å². The highest BCUT2D eigenvalue weighted by Gasteiger charge is 2.08. The van der Waals surface area contributed by atoms with Gasteiger partial charge >= 0.3 is 0 Å². The third-order valence-electron chi connectivity index (χ3n) is 3.13. The minimum atomic E-state index is 0.431. The molecule has 0 aliphatic carbocycles. The van der Waals surface area contributed by atoms with Gasteiger partial charge in [-0.15, -0.1) is 0 Å². The SMILES string of the molecule is CNc1cnc(COc2cc(C)ccc2C(C)C)cn1. The molecule has 0 saturated carbocycles. The molecule has 4 nitrogen and oxygen atoms in total. The number of aryl methyl sites for hydroxylation is 1. The van der Waals surface area contributed by atoms with Crippen molar-refractivity contribution in [1.29, 1.82) is 0 Å². The molecule has 1 heterocycles. The fourth-order valence-corrected chi connectivity index (χ4v) is 1.95. The lowest BCUT2D eigenvalue weighted by molar-refractivity contribution is 0.296. The van der Waals surface area contributed by atoms with Gasteiger partial charge in [0.2, 0.25) is 0 Å². The van der Waals surface area contributed by atoms with E-state index in [9.17, 15) is 0 Å². The maximum absolute atomic E-state index is 5.92. The topological polar surface area (TPSA) is 47.0 Å². The molecule has 106 valence electrons. The van der Waals surface area contributed by atoms with E-state index in [2.05, 4.69) is 54.3 Å². The van der Waals surface area contributed by atoms with Gasteiger partial charge in [-0.2, -0.15) is 0 Å². The predicted octanol–water partition coefficient (Wildman–Crippen LogP) is 3.53. The van der Waals surface area contributed by atoms with Crippen molar-refractivity contribution >= 4 is 5.82 Å². The zero-order valence-electron chi connectivity index (χ0n) is 12.5. The Bertz CT molecular complexity index is 564. The van der Waals surface area contributed by atoms with Crippen LogP contribution >= 0.6 is 0 Å². The number of nitrogens with zero attached hydrogens (tertiary/aromatic N) is 2. The van der Waals surface area contributed by atoms with Crippen LogP contribution in [0.5, 0.6) is 5.75 Å². The van der Waals surface area contributed by atoms with Crippen molar-refractivity contribution in [3.05, 3.63) is 47.4 Å². The van der Waals surface area contributed by atoms with E-state index >= 15 is 0 Å². The number of benzene rings is 1. The summed E-state index contributed by atoms with van der Waals surface area (Å²) in [7, 11) is 1.82. The van der Waals surface area contributed by atoms with E-state index in [4.69, 9.17) is 4.74 Å². The molecule has 0 radical (unpaired) electrons. The molecule has 1 aromatic carbocycles. The Balaban J connectivity index is 2.11. The molecule has 4 heteroatoms. The normalized spacial score (nSPS) is 10.7. The summed E-state index contributed by atoms with van der Waals surface area (Å²) < 4.78 is 5.92. The highest BCUT2D eigenvalue weighted by molar-refractivity contribution is 5.39. The number of nitrogens with one attached hydrogen (secondary N) is 1. The minimum absolute atomic E-state index is 0.431. The number of hydrogen-bond acceptors (Lipinski definition) is 4. The van der Waals surface area contributed by atoms with Gasteiger partial charge in [0.15, 0.2) is 0 Å². The molecule has 0 bridgehead atoms. The van der Waals surface area contributed by atoms with E-state index in [0.717, 1.165) is 17.3 Å². The van der Waals surface area contributed by atoms with E-state index in [1.54, 1.807) is 12.4 Å². The van der Waals surface area contributed by atoms with Crippen LogP contribution < -0.4 is 10.1 Å². The van der Waals surface area contributed by atoms with Gasteiger partial charge in [0.25, 0.3) is 0 Å². The second-order valence-corrected chi connectivity index (χ2v) is 5.13. The Kier molecular flexibility index (Phi) is 4.56. The van der Waals surface area contributed by atoms with Gasteiger partial charge in [-0.1, -0.05) is 26.0 Å². The van der Waals surface area contributed by atoms with Crippen LogP contribution in [0.1, 0.15) is 36.6 Å². The Hall–Kier alpha value is -2.10. The van der Waals surface area contributed by atoms with Crippen molar-refractivity contribution in [3.63, 3.8) is 0 Å².